The van der Waals surface area contributed by atoms with E-state index in [1.54, 1.807) is 12.1 Å². The highest BCUT2D eigenvalue weighted by atomic mass is 32.2. The number of amides is 1. The molecule has 2 aromatic rings. The largest absolute Gasteiger partial charge is 0.321 e. The number of carbonyl (C=O) groups is 1. The molecular weight excluding hydrogens is 375 g/mol. The fraction of sp³-hybridized carbons (Fsp3) is 0.278. The van der Waals surface area contributed by atoms with E-state index in [2.05, 4.69) is 5.32 Å². The molecule has 5 nitrogen and oxygen atoms in total. The van der Waals surface area contributed by atoms with E-state index in [1.165, 1.54) is 22.1 Å². The van der Waals surface area contributed by atoms with E-state index in [-0.39, 0.29) is 5.56 Å². The summed E-state index contributed by atoms with van der Waals surface area (Å²) in [4.78, 5) is 13.0. The van der Waals surface area contributed by atoms with Crippen molar-refractivity contribution in [3.05, 3.63) is 53.8 Å². The predicted octanol–water partition coefficient (Wildman–Crippen LogP) is 3.58. The molecular formula is C18H19FN2O3S2. The van der Waals surface area contributed by atoms with Crippen LogP contribution >= 0.6 is 11.8 Å². The summed E-state index contributed by atoms with van der Waals surface area (Å²) in [7, 11) is -3.94. The van der Waals surface area contributed by atoms with Crippen LogP contribution in [0.3, 0.4) is 0 Å². The number of carbonyl (C=O) groups excluding carboxylic acids is 1. The van der Waals surface area contributed by atoms with Crippen LogP contribution in [-0.2, 0) is 10.0 Å². The molecule has 26 heavy (non-hydrogen) atoms. The van der Waals surface area contributed by atoms with Crippen molar-refractivity contribution in [2.24, 2.45) is 0 Å². The van der Waals surface area contributed by atoms with E-state index in [0.29, 0.717) is 18.8 Å². The normalized spacial score (nSPS) is 15.2. The molecule has 2 aromatic carbocycles. The molecule has 1 aliphatic heterocycles. The maximum atomic E-state index is 14.2. The molecule has 0 aliphatic carbocycles. The number of hydrogen-bond acceptors (Lipinski definition) is 4. The highest BCUT2D eigenvalue weighted by molar-refractivity contribution is 7.98. The van der Waals surface area contributed by atoms with Gasteiger partial charge in [-0.25, -0.2) is 12.8 Å². The van der Waals surface area contributed by atoms with Crippen LogP contribution in [-0.4, -0.2) is 38.0 Å². The quantitative estimate of drug-likeness (QED) is 0.787. The first-order valence-electron chi connectivity index (χ1n) is 8.17. The first-order valence-corrected chi connectivity index (χ1v) is 10.8. The lowest BCUT2D eigenvalue weighted by Crippen LogP contribution is -2.29. The molecule has 138 valence electrons. The Morgan fingerprint density at radius 3 is 2.54 bits per heavy atom. The average molecular weight is 394 g/mol. The minimum Gasteiger partial charge on any atom is -0.321 e. The van der Waals surface area contributed by atoms with Crippen LogP contribution in [0.5, 0.6) is 0 Å². The third-order valence-electron chi connectivity index (χ3n) is 4.23. The molecule has 0 aromatic heterocycles. The highest BCUT2D eigenvalue weighted by Gasteiger charge is 2.30. The zero-order valence-electron chi connectivity index (χ0n) is 14.2. The molecule has 1 aliphatic rings. The van der Waals surface area contributed by atoms with Crippen LogP contribution in [0.2, 0.25) is 0 Å². The molecule has 1 amide bonds. The molecule has 1 saturated heterocycles. The fourth-order valence-electron chi connectivity index (χ4n) is 2.85. The average Bonchev–Trinajstić information content (AvgIpc) is 3.18. The van der Waals surface area contributed by atoms with Crippen LogP contribution in [0.15, 0.2) is 52.3 Å². The summed E-state index contributed by atoms with van der Waals surface area (Å²) in [5.74, 6) is -1.33. The lowest BCUT2D eigenvalue weighted by atomic mass is 10.2. The van der Waals surface area contributed by atoms with Gasteiger partial charge < -0.3 is 5.32 Å². The molecule has 0 radical (unpaired) electrons. The van der Waals surface area contributed by atoms with Crippen LogP contribution in [0, 0.1) is 5.82 Å². The van der Waals surface area contributed by atoms with Crippen molar-refractivity contribution in [2.75, 3.05) is 24.7 Å². The third-order valence-corrected chi connectivity index (χ3v) is 6.94. The molecule has 3 rings (SSSR count). The Hall–Kier alpha value is -1.90. The zero-order valence-corrected chi connectivity index (χ0v) is 15.9. The number of benzene rings is 2. The Morgan fingerprint density at radius 1 is 1.15 bits per heavy atom. The molecule has 0 saturated carbocycles. The number of hydrogen-bond donors (Lipinski definition) is 1. The second kappa shape index (κ2) is 7.77. The minimum absolute atomic E-state index is 0.0973. The van der Waals surface area contributed by atoms with Gasteiger partial charge in [-0.05, 0) is 49.4 Å². The highest BCUT2D eigenvalue weighted by Crippen LogP contribution is 2.27. The zero-order chi connectivity index (χ0) is 18.7. The van der Waals surface area contributed by atoms with Gasteiger partial charge in [-0.2, -0.15) is 4.31 Å². The van der Waals surface area contributed by atoms with E-state index in [9.17, 15) is 17.6 Å². The summed E-state index contributed by atoms with van der Waals surface area (Å²) in [5.41, 5.74) is 0.721. The van der Waals surface area contributed by atoms with Gasteiger partial charge in [-0.15, -0.1) is 11.8 Å². The van der Waals surface area contributed by atoms with Crippen molar-refractivity contribution in [1.29, 1.82) is 0 Å². The van der Waals surface area contributed by atoms with E-state index >= 15 is 0 Å². The first kappa shape index (κ1) is 18.9. The van der Waals surface area contributed by atoms with Crippen molar-refractivity contribution in [3.63, 3.8) is 0 Å². The van der Waals surface area contributed by atoms with Crippen LogP contribution in [0.4, 0.5) is 10.1 Å². The number of thioether (sulfide) groups is 1. The van der Waals surface area contributed by atoms with Gasteiger partial charge >= 0.3 is 0 Å². The molecule has 0 atom stereocenters. The van der Waals surface area contributed by atoms with Crippen LogP contribution in [0.1, 0.15) is 23.2 Å². The Bertz CT molecular complexity index is 926. The van der Waals surface area contributed by atoms with Gasteiger partial charge in [-0.1, -0.05) is 12.1 Å². The summed E-state index contributed by atoms with van der Waals surface area (Å²) in [6, 6.07) is 10.7. The van der Waals surface area contributed by atoms with Crippen molar-refractivity contribution < 1.29 is 17.6 Å². The Morgan fingerprint density at radius 2 is 1.85 bits per heavy atom. The van der Waals surface area contributed by atoms with E-state index < -0.39 is 26.6 Å². The number of halogens is 1. The smallest absolute Gasteiger partial charge is 0.255 e. The molecule has 1 fully saturated rings. The topological polar surface area (TPSA) is 66.5 Å². The van der Waals surface area contributed by atoms with Gasteiger partial charge in [0.05, 0.1) is 5.69 Å². The van der Waals surface area contributed by atoms with Gasteiger partial charge in [0.2, 0.25) is 10.0 Å². The monoisotopic (exact) mass is 394 g/mol. The SMILES string of the molecule is CSc1ccccc1NC(=O)c1ccc(F)c(S(=O)(=O)N2CCCC2)c1. The second-order valence-electron chi connectivity index (χ2n) is 5.91. The Kier molecular flexibility index (Phi) is 5.64. The van der Waals surface area contributed by atoms with E-state index in [0.717, 1.165) is 29.9 Å². The van der Waals surface area contributed by atoms with Gasteiger partial charge in [0.15, 0.2) is 0 Å². The summed E-state index contributed by atoms with van der Waals surface area (Å²) < 4.78 is 40.7. The van der Waals surface area contributed by atoms with Crippen LogP contribution < -0.4 is 5.32 Å². The van der Waals surface area contributed by atoms with Crippen molar-refractivity contribution in [2.45, 2.75) is 22.6 Å². The molecule has 1 heterocycles. The molecule has 8 heteroatoms. The molecule has 0 spiro atoms. The van der Waals surface area contributed by atoms with Gasteiger partial charge in [0.1, 0.15) is 10.7 Å². The predicted molar refractivity (Wildman–Crippen MR) is 101 cm³/mol. The molecule has 0 bridgehead atoms. The second-order valence-corrected chi connectivity index (χ2v) is 8.67. The van der Waals surface area contributed by atoms with E-state index in [4.69, 9.17) is 0 Å². The summed E-state index contributed by atoms with van der Waals surface area (Å²) >= 11 is 1.48. The molecule has 0 unspecified atom stereocenters. The maximum Gasteiger partial charge on any atom is 0.255 e. The van der Waals surface area contributed by atoms with Crippen molar-refractivity contribution >= 4 is 33.4 Å². The third kappa shape index (κ3) is 3.77. The number of sulfonamides is 1. The fourth-order valence-corrected chi connectivity index (χ4v) is 5.01. The van der Waals surface area contributed by atoms with Gasteiger partial charge in [0.25, 0.3) is 5.91 Å². The van der Waals surface area contributed by atoms with Crippen molar-refractivity contribution in [3.8, 4) is 0 Å². The summed E-state index contributed by atoms with van der Waals surface area (Å²) in [5, 5.41) is 2.75. The van der Waals surface area contributed by atoms with Gasteiger partial charge in [-0.3, -0.25) is 4.79 Å². The number of para-hydroxylation sites is 1. The Balaban J connectivity index is 1.90. The standard InChI is InChI=1S/C18H19FN2O3S2/c1-25-16-7-3-2-6-15(16)20-18(22)13-8-9-14(19)17(12-13)26(23,24)21-10-4-5-11-21/h2-3,6-9,12H,4-5,10-11H2,1H3,(H,20,22). The van der Waals surface area contributed by atoms with Crippen LogP contribution in [0.25, 0.3) is 0 Å². The Labute approximate surface area is 156 Å². The van der Waals surface area contributed by atoms with Crippen molar-refractivity contribution in [1.82, 2.24) is 4.31 Å². The maximum absolute atomic E-state index is 14.2. The number of rotatable bonds is 5. The first-order chi connectivity index (χ1) is 12.4. The number of nitrogens with one attached hydrogen (secondary N) is 1. The minimum atomic E-state index is -3.94. The lowest BCUT2D eigenvalue weighted by molar-refractivity contribution is 0.102. The lowest BCUT2D eigenvalue weighted by Gasteiger charge is -2.16. The number of nitrogens with zero attached hydrogens (tertiary/aromatic N) is 1. The molecule has 1 N–H and O–H groups in total. The van der Waals surface area contributed by atoms with E-state index in [1.807, 2.05) is 18.4 Å². The summed E-state index contributed by atoms with van der Waals surface area (Å²) in [6.45, 7) is 0.749. The number of anilines is 1. The van der Waals surface area contributed by atoms with Gasteiger partial charge in [0, 0.05) is 23.5 Å². The summed E-state index contributed by atoms with van der Waals surface area (Å²) in [6.07, 6.45) is 3.41.